The summed E-state index contributed by atoms with van der Waals surface area (Å²) in [5.41, 5.74) is 3.59. The number of nitrogens with one attached hydrogen (secondary N) is 2. The van der Waals surface area contributed by atoms with E-state index in [4.69, 9.17) is 12.2 Å². The van der Waals surface area contributed by atoms with Gasteiger partial charge in [0.15, 0.2) is 10.6 Å². The molecular weight excluding hydrogens is 368 g/mol. The molecule has 1 aromatic heterocycles. The first-order valence-corrected chi connectivity index (χ1v) is 10.0. The lowest BCUT2D eigenvalue weighted by molar-refractivity contribution is -0.121. The predicted octanol–water partition coefficient (Wildman–Crippen LogP) is 4.15. The largest absolute Gasteiger partial charge is 0.355 e. The molecule has 28 heavy (non-hydrogen) atoms. The SMILES string of the molecule is Cc1cccc(-c2n[nH]c(=S)n2CCC(=O)NCC2(c3ccccc3)CC2)c1. The van der Waals surface area contributed by atoms with Gasteiger partial charge in [0.2, 0.25) is 5.91 Å². The molecule has 0 spiro atoms. The molecule has 1 saturated carbocycles. The summed E-state index contributed by atoms with van der Waals surface area (Å²) in [5.74, 6) is 0.810. The van der Waals surface area contributed by atoms with E-state index in [-0.39, 0.29) is 11.3 Å². The van der Waals surface area contributed by atoms with E-state index in [2.05, 4.69) is 45.8 Å². The monoisotopic (exact) mass is 392 g/mol. The molecule has 1 aliphatic carbocycles. The van der Waals surface area contributed by atoms with E-state index in [9.17, 15) is 4.79 Å². The van der Waals surface area contributed by atoms with E-state index in [1.54, 1.807) is 0 Å². The van der Waals surface area contributed by atoms with Crippen molar-refractivity contribution in [2.45, 2.75) is 38.1 Å². The molecule has 3 aromatic rings. The molecular formula is C22H24N4OS. The van der Waals surface area contributed by atoms with Crippen molar-refractivity contribution in [1.29, 1.82) is 0 Å². The Hall–Kier alpha value is -2.73. The molecule has 0 atom stereocenters. The number of hydrogen-bond donors (Lipinski definition) is 2. The van der Waals surface area contributed by atoms with E-state index in [1.165, 1.54) is 5.56 Å². The summed E-state index contributed by atoms with van der Waals surface area (Å²) in [6.07, 6.45) is 2.63. The highest BCUT2D eigenvalue weighted by molar-refractivity contribution is 7.71. The summed E-state index contributed by atoms with van der Waals surface area (Å²) in [4.78, 5) is 12.5. The van der Waals surface area contributed by atoms with Crippen LogP contribution in [0.4, 0.5) is 0 Å². The number of carbonyl (C=O) groups is 1. The van der Waals surface area contributed by atoms with Crippen molar-refractivity contribution in [3.63, 3.8) is 0 Å². The van der Waals surface area contributed by atoms with Gasteiger partial charge in [0.1, 0.15) is 0 Å². The Bertz CT molecular complexity index is 1030. The van der Waals surface area contributed by atoms with E-state index >= 15 is 0 Å². The molecule has 144 valence electrons. The molecule has 1 heterocycles. The van der Waals surface area contributed by atoms with Crippen molar-refractivity contribution >= 4 is 18.1 Å². The average molecular weight is 393 g/mol. The molecule has 0 bridgehead atoms. The number of carbonyl (C=O) groups excluding carboxylic acids is 1. The molecule has 5 nitrogen and oxygen atoms in total. The van der Waals surface area contributed by atoms with Gasteiger partial charge in [-0.3, -0.25) is 14.5 Å². The van der Waals surface area contributed by atoms with Crippen LogP contribution in [0.5, 0.6) is 0 Å². The van der Waals surface area contributed by atoms with Gasteiger partial charge in [0, 0.05) is 30.5 Å². The highest BCUT2D eigenvalue weighted by atomic mass is 32.1. The highest BCUT2D eigenvalue weighted by Gasteiger charge is 2.44. The van der Waals surface area contributed by atoms with Crippen molar-refractivity contribution in [2.24, 2.45) is 0 Å². The molecule has 0 unspecified atom stereocenters. The molecule has 1 fully saturated rings. The molecule has 1 amide bonds. The van der Waals surface area contributed by atoms with Crippen LogP contribution in [0.3, 0.4) is 0 Å². The zero-order valence-corrected chi connectivity index (χ0v) is 16.8. The molecule has 1 aliphatic rings. The van der Waals surface area contributed by atoms with Crippen molar-refractivity contribution in [3.8, 4) is 11.4 Å². The molecule has 0 saturated heterocycles. The predicted molar refractivity (Wildman–Crippen MR) is 113 cm³/mol. The number of amides is 1. The summed E-state index contributed by atoms with van der Waals surface area (Å²) in [7, 11) is 0. The fourth-order valence-corrected chi connectivity index (χ4v) is 3.83. The van der Waals surface area contributed by atoms with E-state index in [0.29, 0.717) is 24.3 Å². The molecule has 2 N–H and O–H groups in total. The minimum atomic E-state index is 0.0421. The van der Waals surface area contributed by atoms with Gasteiger partial charge < -0.3 is 5.32 Å². The van der Waals surface area contributed by atoms with Gasteiger partial charge in [0.25, 0.3) is 0 Å². The van der Waals surface area contributed by atoms with Crippen molar-refractivity contribution in [3.05, 3.63) is 70.5 Å². The van der Waals surface area contributed by atoms with Crippen LogP contribution in [0.1, 0.15) is 30.4 Å². The maximum atomic E-state index is 12.5. The van der Waals surface area contributed by atoms with Gasteiger partial charge in [-0.1, -0.05) is 54.1 Å². The van der Waals surface area contributed by atoms with E-state index in [1.807, 2.05) is 35.8 Å². The van der Waals surface area contributed by atoms with Crippen molar-refractivity contribution in [2.75, 3.05) is 6.54 Å². The van der Waals surface area contributed by atoms with Crippen LogP contribution in [-0.2, 0) is 16.8 Å². The van der Waals surface area contributed by atoms with Crippen LogP contribution in [-0.4, -0.2) is 27.2 Å². The smallest absolute Gasteiger partial charge is 0.221 e. The maximum absolute atomic E-state index is 12.5. The fraction of sp³-hybridized carbons (Fsp3) is 0.318. The molecule has 0 radical (unpaired) electrons. The molecule has 2 aromatic carbocycles. The van der Waals surface area contributed by atoms with Gasteiger partial charge in [0.05, 0.1) is 0 Å². The number of aromatic nitrogens is 3. The lowest BCUT2D eigenvalue weighted by Crippen LogP contribution is -2.32. The van der Waals surface area contributed by atoms with Crippen LogP contribution in [0.2, 0.25) is 0 Å². The third-order valence-corrected chi connectivity index (χ3v) is 5.77. The fourth-order valence-electron chi connectivity index (χ4n) is 3.61. The van der Waals surface area contributed by atoms with Gasteiger partial charge >= 0.3 is 0 Å². The van der Waals surface area contributed by atoms with E-state index < -0.39 is 0 Å². The van der Waals surface area contributed by atoms with Gasteiger partial charge in [-0.25, -0.2) is 0 Å². The Morgan fingerprint density at radius 2 is 2.00 bits per heavy atom. The first kappa shape index (κ1) is 18.6. The topological polar surface area (TPSA) is 62.7 Å². The highest BCUT2D eigenvalue weighted by Crippen LogP contribution is 2.47. The Morgan fingerprint density at radius 1 is 1.21 bits per heavy atom. The number of aromatic amines is 1. The summed E-state index contributed by atoms with van der Waals surface area (Å²) in [6.45, 7) is 3.24. The standard InChI is InChI=1S/C22H24N4OS/c1-16-6-5-7-17(14-16)20-24-25-21(28)26(20)13-10-19(27)23-15-22(11-12-22)18-8-3-2-4-9-18/h2-9,14H,10-13,15H2,1H3,(H,23,27)(H,25,28). The Kier molecular flexibility index (Phi) is 5.13. The average Bonchev–Trinajstić information content (AvgIpc) is 3.42. The number of benzene rings is 2. The van der Waals surface area contributed by atoms with Crippen LogP contribution in [0, 0.1) is 11.7 Å². The summed E-state index contributed by atoms with van der Waals surface area (Å²) < 4.78 is 2.43. The number of nitrogens with zero attached hydrogens (tertiary/aromatic N) is 2. The summed E-state index contributed by atoms with van der Waals surface area (Å²) in [5, 5.41) is 10.3. The second-order valence-corrected chi connectivity index (χ2v) is 7.93. The lowest BCUT2D eigenvalue weighted by atomic mass is 9.96. The van der Waals surface area contributed by atoms with Crippen LogP contribution >= 0.6 is 12.2 Å². The van der Waals surface area contributed by atoms with Gasteiger partial charge in [-0.15, -0.1) is 0 Å². The van der Waals surface area contributed by atoms with Crippen molar-refractivity contribution < 1.29 is 4.79 Å². The van der Waals surface area contributed by atoms with E-state index in [0.717, 1.165) is 29.8 Å². The third kappa shape index (κ3) is 3.92. The Morgan fingerprint density at radius 3 is 2.71 bits per heavy atom. The maximum Gasteiger partial charge on any atom is 0.221 e. The minimum absolute atomic E-state index is 0.0421. The normalized spacial score (nSPS) is 14.6. The third-order valence-electron chi connectivity index (χ3n) is 5.46. The second-order valence-electron chi connectivity index (χ2n) is 7.55. The quantitative estimate of drug-likeness (QED) is 0.594. The lowest BCUT2D eigenvalue weighted by Gasteiger charge is -2.16. The minimum Gasteiger partial charge on any atom is -0.355 e. The van der Waals surface area contributed by atoms with Gasteiger partial charge in [-0.05, 0) is 43.6 Å². The first-order valence-electron chi connectivity index (χ1n) is 9.62. The Balaban J connectivity index is 1.38. The zero-order valence-electron chi connectivity index (χ0n) is 15.9. The van der Waals surface area contributed by atoms with Crippen molar-refractivity contribution in [1.82, 2.24) is 20.1 Å². The van der Waals surface area contributed by atoms with Gasteiger partial charge in [-0.2, -0.15) is 5.10 Å². The second kappa shape index (κ2) is 7.72. The van der Waals surface area contributed by atoms with Crippen LogP contribution in [0.15, 0.2) is 54.6 Å². The number of rotatable bonds is 7. The van der Waals surface area contributed by atoms with Crippen LogP contribution in [0.25, 0.3) is 11.4 Å². The number of aryl methyl sites for hydroxylation is 1. The first-order chi connectivity index (χ1) is 13.6. The van der Waals surface area contributed by atoms with Crippen LogP contribution < -0.4 is 5.32 Å². The summed E-state index contributed by atoms with van der Waals surface area (Å²) >= 11 is 5.37. The summed E-state index contributed by atoms with van der Waals surface area (Å²) in [6, 6.07) is 18.6. The molecule has 6 heteroatoms. The number of hydrogen-bond acceptors (Lipinski definition) is 3. The zero-order chi connectivity index (χ0) is 19.6. The molecule has 0 aliphatic heterocycles. The molecule has 4 rings (SSSR count). The Labute approximate surface area is 169 Å². The number of H-pyrrole nitrogens is 1.